The number of nitrogens with zero attached hydrogens (tertiary/aromatic N) is 3. The van der Waals surface area contributed by atoms with Gasteiger partial charge in [0.05, 0.1) is 12.9 Å². The highest BCUT2D eigenvalue weighted by molar-refractivity contribution is 7.98. The van der Waals surface area contributed by atoms with Crippen molar-refractivity contribution < 1.29 is 13.9 Å². The third kappa shape index (κ3) is 3.59. The van der Waals surface area contributed by atoms with Gasteiger partial charge in [-0.05, 0) is 31.5 Å². The number of hydrogen-bond donors (Lipinski definition) is 1. The number of ether oxygens (including phenoxy) is 1. The fourth-order valence-corrected chi connectivity index (χ4v) is 3.49. The van der Waals surface area contributed by atoms with E-state index in [1.54, 1.807) is 23.9 Å². The van der Waals surface area contributed by atoms with Gasteiger partial charge in [-0.1, -0.05) is 11.8 Å². The van der Waals surface area contributed by atoms with E-state index < -0.39 is 5.97 Å². The molecule has 1 aliphatic rings. The van der Waals surface area contributed by atoms with E-state index in [0.29, 0.717) is 17.4 Å². The van der Waals surface area contributed by atoms with Gasteiger partial charge in [0.1, 0.15) is 11.6 Å². The SMILES string of the molecule is COC(=O)c1ccc(CSc2nnc([C@H]3CCCNC3)n2C)o1. The average molecular weight is 336 g/mol. The Morgan fingerprint density at radius 2 is 2.39 bits per heavy atom. The van der Waals surface area contributed by atoms with Crippen molar-refractivity contribution in [3.8, 4) is 0 Å². The van der Waals surface area contributed by atoms with Crippen molar-refractivity contribution in [2.75, 3.05) is 20.2 Å². The van der Waals surface area contributed by atoms with Gasteiger partial charge in [0, 0.05) is 19.5 Å². The number of thioether (sulfide) groups is 1. The molecule has 1 N–H and O–H groups in total. The monoisotopic (exact) mass is 336 g/mol. The second kappa shape index (κ2) is 7.18. The number of carbonyl (C=O) groups is 1. The summed E-state index contributed by atoms with van der Waals surface area (Å²) in [7, 11) is 3.33. The molecule has 1 saturated heterocycles. The maximum atomic E-state index is 11.4. The van der Waals surface area contributed by atoms with Crippen LogP contribution in [-0.2, 0) is 17.5 Å². The van der Waals surface area contributed by atoms with Crippen molar-refractivity contribution in [1.29, 1.82) is 0 Å². The molecule has 3 rings (SSSR count). The lowest BCUT2D eigenvalue weighted by Gasteiger charge is -2.21. The zero-order valence-corrected chi connectivity index (χ0v) is 14.1. The smallest absolute Gasteiger partial charge is 0.373 e. The summed E-state index contributed by atoms with van der Waals surface area (Å²) in [6, 6.07) is 3.40. The third-order valence-electron chi connectivity index (χ3n) is 3.92. The molecule has 0 saturated carbocycles. The first kappa shape index (κ1) is 16.1. The van der Waals surface area contributed by atoms with Crippen LogP contribution in [-0.4, -0.2) is 40.9 Å². The molecule has 0 aliphatic carbocycles. The van der Waals surface area contributed by atoms with Crippen LogP contribution in [0.2, 0.25) is 0 Å². The second-order valence-electron chi connectivity index (χ2n) is 5.49. The van der Waals surface area contributed by atoms with E-state index in [9.17, 15) is 4.79 Å². The molecule has 1 fully saturated rings. The number of rotatable bonds is 5. The molecule has 0 aromatic carbocycles. The first-order chi connectivity index (χ1) is 11.2. The molecule has 0 spiro atoms. The summed E-state index contributed by atoms with van der Waals surface area (Å²) in [5.41, 5.74) is 0. The number of hydrogen-bond acceptors (Lipinski definition) is 7. The molecule has 0 bridgehead atoms. The number of nitrogens with one attached hydrogen (secondary N) is 1. The van der Waals surface area contributed by atoms with E-state index in [-0.39, 0.29) is 5.76 Å². The highest BCUT2D eigenvalue weighted by Gasteiger charge is 2.22. The molecule has 2 aromatic heterocycles. The summed E-state index contributed by atoms with van der Waals surface area (Å²) >= 11 is 1.54. The predicted molar refractivity (Wildman–Crippen MR) is 85.5 cm³/mol. The average Bonchev–Trinajstić information content (AvgIpc) is 3.20. The fraction of sp³-hybridized carbons (Fsp3) is 0.533. The highest BCUT2D eigenvalue weighted by Crippen LogP contribution is 2.27. The molecule has 2 aromatic rings. The normalized spacial score (nSPS) is 18.1. The van der Waals surface area contributed by atoms with Gasteiger partial charge in [-0.25, -0.2) is 4.79 Å². The standard InChI is InChI=1S/C15H20N4O3S/c1-19-13(10-4-3-7-16-8-10)17-18-15(19)23-9-11-5-6-12(22-11)14(20)21-2/h5-6,10,16H,3-4,7-9H2,1-2H3/t10-/m0/s1. The van der Waals surface area contributed by atoms with Gasteiger partial charge >= 0.3 is 5.97 Å². The Hall–Kier alpha value is -1.80. The number of piperidine rings is 1. The molecule has 1 atom stereocenters. The van der Waals surface area contributed by atoms with Crippen molar-refractivity contribution in [3.63, 3.8) is 0 Å². The van der Waals surface area contributed by atoms with E-state index in [1.807, 2.05) is 11.6 Å². The minimum Gasteiger partial charge on any atom is -0.463 e. The third-order valence-corrected chi connectivity index (χ3v) is 4.96. The summed E-state index contributed by atoms with van der Waals surface area (Å²) in [6.07, 6.45) is 2.31. The van der Waals surface area contributed by atoms with Crippen molar-refractivity contribution >= 4 is 17.7 Å². The molecule has 1 aliphatic heterocycles. The minimum absolute atomic E-state index is 0.218. The number of esters is 1. The molecule has 124 valence electrons. The molecular formula is C15H20N4O3S. The van der Waals surface area contributed by atoms with Crippen molar-refractivity contribution in [1.82, 2.24) is 20.1 Å². The summed E-state index contributed by atoms with van der Waals surface area (Å²) in [5.74, 6) is 2.49. The Labute approximate surface area is 138 Å². The summed E-state index contributed by atoms with van der Waals surface area (Å²) in [4.78, 5) is 11.4. The molecular weight excluding hydrogens is 316 g/mol. The van der Waals surface area contributed by atoms with Crippen LogP contribution >= 0.6 is 11.8 Å². The van der Waals surface area contributed by atoms with E-state index in [2.05, 4.69) is 20.3 Å². The minimum atomic E-state index is -0.466. The molecule has 0 radical (unpaired) electrons. The lowest BCUT2D eigenvalue weighted by molar-refractivity contribution is 0.0563. The van der Waals surface area contributed by atoms with Gasteiger partial charge in [-0.3, -0.25) is 0 Å². The topological polar surface area (TPSA) is 82.2 Å². The van der Waals surface area contributed by atoms with E-state index in [0.717, 1.165) is 30.5 Å². The molecule has 0 unspecified atom stereocenters. The summed E-state index contributed by atoms with van der Waals surface area (Å²) in [6.45, 7) is 2.04. The molecule has 7 nitrogen and oxygen atoms in total. The Bertz CT molecular complexity index is 676. The highest BCUT2D eigenvalue weighted by atomic mass is 32.2. The van der Waals surface area contributed by atoms with Gasteiger partial charge in [0.25, 0.3) is 0 Å². The number of methoxy groups -OCH3 is 1. The Balaban J connectivity index is 1.63. The van der Waals surface area contributed by atoms with Crippen LogP contribution in [0.5, 0.6) is 0 Å². The number of furan rings is 1. The van der Waals surface area contributed by atoms with E-state index in [4.69, 9.17) is 4.42 Å². The van der Waals surface area contributed by atoms with Gasteiger partial charge in [0.15, 0.2) is 5.16 Å². The predicted octanol–water partition coefficient (Wildman–Crippen LogP) is 1.95. The van der Waals surface area contributed by atoms with Gasteiger partial charge in [0.2, 0.25) is 5.76 Å². The zero-order chi connectivity index (χ0) is 16.2. The van der Waals surface area contributed by atoms with Crippen LogP contribution in [0.15, 0.2) is 21.7 Å². The van der Waals surface area contributed by atoms with E-state index in [1.165, 1.54) is 13.5 Å². The summed E-state index contributed by atoms with van der Waals surface area (Å²) in [5, 5.41) is 12.9. The number of carbonyl (C=O) groups excluding carboxylic acids is 1. The Morgan fingerprint density at radius 3 is 3.13 bits per heavy atom. The second-order valence-corrected chi connectivity index (χ2v) is 6.43. The van der Waals surface area contributed by atoms with Crippen molar-refractivity contribution in [2.24, 2.45) is 7.05 Å². The first-order valence-electron chi connectivity index (χ1n) is 7.59. The van der Waals surface area contributed by atoms with Gasteiger partial charge < -0.3 is 19.0 Å². The van der Waals surface area contributed by atoms with Crippen LogP contribution in [0.25, 0.3) is 0 Å². The lowest BCUT2D eigenvalue weighted by atomic mass is 9.99. The molecule has 8 heteroatoms. The van der Waals surface area contributed by atoms with E-state index >= 15 is 0 Å². The van der Waals surface area contributed by atoms with Crippen molar-refractivity contribution in [2.45, 2.75) is 29.7 Å². The molecule has 3 heterocycles. The summed E-state index contributed by atoms with van der Waals surface area (Å²) < 4.78 is 12.1. The maximum absolute atomic E-state index is 11.4. The van der Waals surface area contributed by atoms with Gasteiger partial charge in [-0.15, -0.1) is 10.2 Å². The van der Waals surface area contributed by atoms with Crippen LogP contribution in [0, 0.1) is 0 Å². The Morgan fingerprint density at radius 1 is 1.52 bits per heavy atom. The van der Waals surface area contributed by atoms with Crippen molar-refractivity contribution in [3.05, 3.63) is 29.5 Å². The first-order valence-corrected chi connectivity index (χ1v) is 8.57. The van der Waals surface area contributed by atoms with Crippen LogP contribution in [0.4, 0.5) is 0 Å². The zero-order valence-electron chi connectivity index (χ0n) is 13.2. The van der Waals surface area contributed by atoms with Gasteiger partial charge in [-0.2, -0.15) is 0 Å². The van der Waals surface area contributed by atoms with Crippen LogP contribution in [0.3, 0.4) is 0 Å². The quantitative estimate of drug-likeness (QED) is 0.660. The fourth-order valence-electron chi connectivity index (χ4n) is 2.68. The van der Waals surface area contributed by atoms with Crippen LogP contribution < -0.4 is 5.32 Å². The molecule has 23 heavy (non-hydrogen) atoms. The number of aromatic nitrogens is 3. The van der Waals surface area contributed by atoms with Crippen LogP contribution in [0.1, 0.15) is 40.9 Å². The maximum Gasteiger partial charge on any atom is 0.373 e. The Kier molecular flexibility index (Phi) is 5.02. The lowest BCUT2D eigenvalue weighted by Crippen LogP contribution is -2.29. The largest absolute Gasteiger partial charge is 0.463 e. The molecule has 0 amide bonds.